The van der Waals surface area contributed by atoms with Crippen LogP contribution in [0.25, 0.3) is 6.08 Å². The van der Waals surface area contributed by atoms with Crippen molar-refractivity contribution < 1.29 is 19.5 Å². The third kappa shape index (κ3) is 6.32. The van der Waals surface area contributed by atoms with Gasteiger partial charge in [0.1, 0.15) is 0 Å². The Labute approximate surface area is 160 Å². The van der Waals surface area contributed by atoms with Crippen molar-refractivity contribution in [2.45, 2.75) is 18.5 Å². The van der Waals surface area contributed by atoms with Gasteiger partial charge in [0.15, 0.2) is 11.8 Å². The van der Waals surface area contributed by atoms with Crippen LogP contribution >= 0.6 is 11.6 Å². The monoisotopic (exact) mass is 387 g/mol. The molecule has 2 aromatic rings. The first-order valence-electron chi connectivity index (χ1n) is 8.03. The molecule has 0 fully saturated rings. The highest BCUT2D eigenvalue weighted by atomic mass is 35.5. The number of carboxylic acid groups (broad SMARTS) is 1. The van der Waals surface area contributed by atoms with Crippen molar-refractivity contribution >= 4 is 35.3 Å². The molecular formula is C19H18ClN3O4. The van der Waals surface area contributed by atoms with Crippen molar-refractivity contribution in [3.05, 3.63) is 71.0 Å². The zero-order chi connectivity index (χ0) is 19.8. The summed E-state index contributed by atoms with van der Waals surface area (Å²) in [5, 5.41) is 12.0. The van der Waals surface area contributed by atoms with E-state index in [9.17, 15) is 14.4 Å². The number of halogens is 1. The van der Waals surface area contributed by atoms with E-state index in [0.717, 1.165) is 5.56 Å². The van der Waals surface area contributed by atoms with E-state index < -0.39 is 29.7 Å². The van der Waals surface area contributed by atoms with Crippen molar-refractivity contribution in [3.63, 3.8) is 0 Å². The Kier molecular flexibility index (Phi) is 7.22. The number of pyridine rings is 1. The Bertz CT molecular complexity index is 838. The Morgan fingerprint density at radius 1 is 1.19 bits per heavy atom. The van der Waals surface area contributed by atoms with Gasteiger partial charge in [-0.25, -0.2) is 0 Å². The number of rotatable bonds is 8. The molecule has 2 rings (SSSR count). The molecule has 8 heteroatoms. The van der Waals surface area contributed by atoms with Gasteiger partial charge in [-0.3, -0.25) is 19.4 Å². The van der Waals surface area contributed by atoms with Crippen LogP contribution in [0.2, 0.25) is 5.02 Å². The molecule has 4 N–H and O–H groups in total. The summed E-state index contributed by atoms with van der Waals surface area (Å²) >= 11 is 5.80. The maximum Gasteiger partial charge on any atom is 0.328 e. The second-order valence-electron chi connectivity index (χ2n) is 5.69. The Morgan fingerprint density at radius 2 is 1.89 bits per heavy atom. The van der Waals surface area contributed by atoms with Crippen molar-refractivity contribution in [1.82, 2.24) is 10.3 Å². The molecule has 0 saturated heterocycles. The van der Waals surface area contributed by atoms with Gasteiger partial charge >= 0.3 is 5.97 Å². The van der Waals surface area contributed by atoms with E-state index in [1.54, 1.807) is 48.5 Å². The zero-order valence-corrected chi connectivity index (χ0v) is 15.0. The van der Waals surface area contributed by atoms with E-state index in [1.165, 1.54) is 12.3 Å². The summed E-state index contributed by atoms with van der Waals surface area (Å²) in [5.41, 5.74) is 6.68. The summed E-state index contributed by atoms with van der Waals surface area (Å²) in [5.74, 6) is -2.82. The van der Waals surface area contributed by atoms with Crippen molar-refractivity contribution in [2.24, 2.45) is 5.73 Å². The predicted molar refractivity (Wildman–Crippen MR) is 101 cm³/mol. The van der Waals surface area contributed by atoms with E-state index >= 15 is 0 Å². The smallest absolute Gasteiger partial charge is 0.328 e. The Hall–Kier alpha value is -3.03. The summed E-state index contributed by atoms with van der Waals surface area (Å²) in [4.78, 5) is 39.7. The van der Waals surface area contributed by atoms with Crippen LogP contribution in [0.4, 0.5) is 0 Å². The van der Waals surface area contributed by atoms with E-state index in [1.807, 2.05) is 0 Å². The minimum atomic E-state index is -1.74. The maximum absolute atomic E-state index is 12.3. The summed E-state index contributed by atoms with van der Waals surface area (Å²) in [6.07, 6.45) is 4.36. The van der Waals surface area contributed by atoms with Crippen LogP contribution in [0.5, 0.6) is 0 Å². The summed E-state index contributed by atoms with van der Waals surface area (Å²) in [6, 6.07) is 9.05. The van der Waals surface area contributed by atoms with Crippen molar-refractivity contribution in [1.29, 1.82) is 0 Å². The number of carbonyl (C=O) groups excluding carboxylic acids is 2. The molecule has 0 aliphatic carbocycles. The van der Waals surface area contributed by atoms with Crippen LogP contribution in [-0.2, 0) is 20.8 Å². The number of nitrogens with two attached hydrogens (primary N) is 1. The van der Waals surface area contributed by atoms with Gasteiger partial charge in [0.25, 0.3) is 0 Å². The van der Waals surface area contributed by atoms with E-state index in [0.29, 0.717) is 10.7 Å². The zero-order valence-electron chi connectivity index (χ0n) is 14.2. The van der Waals surface area contributed by atoms with Gasteiger partial charge in [0.2, 0.25) is 5.91 Å². The topological polar surface area (TPSA) is 122 Å². The van der Waals surface area contributed by atoms with Gasteiger partial charge in [0, 0.05) is 29.4 Å². The highest BCUT2D eigenvalue weighted by Gasteiger charge is 2.30. The number of aromatic nitrogens is 1. The molecule has 0 spiro atoms. The van der Waals surface area contributed by atoms with Gasteiger partial charge in [-0.05, 0) is 35.9 Å². The second kappa shape index (κ2) is 9.61. The molecule has 1 unspecified atom stereocenters. The lowest BCUT2D eigenvalue weighted by molar-refractivity contribution is -0.143. The van der Waals surface area contributed by atoms with Crippen LogP contribution < -0.4 is 11.1 Å². The number of carbonyl (C=O) groups is 3. The molecule has 7 nitrogen and oxygen atoms in total. The molecule has 0 saturated carbocycles. The first kappa shape index (κ1) is 20.3. The molecular weight excluding hydrogens is 370 g/mol. The third-order valence-electron chi connectivity index (χ3n) is 3.67. The number of hydrogen-bond donors (Lipinski definition) is 3. The highest BCUT2D eigenvalue weighted by molar-refractivity contribution is 6.30. The second-order valence-corrected chi connectivity index (χ2v) is 6.13. The molecule has 0 aliphatic rings. The minimum absolute atomic E-state index is 0.0289. The fraction of sp³-hybridized carbons (Fsp3) is 0.158. The van der Waals surface area contributed by atoms with Gasteiger partial charge < -0.3 is 16.2 Å². The SMILES string of the molecule is N[C@H](C(=O)O)C(=O)C(Cc1ccccn1)NC(=O)/C=C/c1ccc(Cl)cc1. The molecule has 0 bridgehead atoms. The quantitative estimate of drug-likeness (QED) is 0.465. The maximum atomic E-state index is 12.3. The number of Topliss-reactive ketones (excluding diaryl/α,β-unsaturated/α-hetero) is 1. The molecule has 2 atom stereocenters. The van der Waals surface area contributed by atoms with Crippen LogP contribution in [0.1, 0.15) is 11.3 Å². The van der Waals surface area contributed by atoms with Crippen LogP contribution in [0, 0.1) is 0 Å². The lowest BCUT2D eigenvalue weighted by Gasteiger charge is -2.18. The number of ketones is 1. The first-order valence-corrected chi connectivity index (χ1v) is 8.41. The van der Waals surface area contributed by atoms with Crippen LogP contribution in [0.3, 0.4) is 0 Å². The van der Waals surface area contributed by atoms with Crippen LogP contribution in [-0.4, -0.2) is 39.8 Å². The number of nitrogens with one attached hydrogen (secondary N) is 1. The van der Waals surface area contributed by atoms with Gasteiger partial charge in [-0.1, -0.05) is 29.8 Å². The number of benzene rings is 1. The molecule has 1 amide bonds. The molecule has 140 valence electrons. The van der Waals surface area contributed by atoms with E-state index in [2.05, 4.69) is 10.3 Å². The number of hydrogen-bond acceptors (Lipinski definition) is 5. The van der Waals surface area contributed by atoms with E-state index in [-0.39, 0.29) is 6.42 Å². The fourth-order valence-electron chi connectivity index (χ4n) is 2.25. The average molecular weight is 388 g/mol. The normalized spacial score (nSPS) is 13.1. The minimum Gasteiger partial charge on any atom is -0.480 e. The standard InChI is InChI=1S/C19H18ClN3O4/c20-13-7-4-12(5-8-13)6-9-16(24)23-15(18(25)17(21)19(26)27)11-14-3-1-2-10-22-14/h1-10,15,17H,11,21H2,(H,23,24)(H,26,27)/b9-6+/t15?,17-/m0/s1. The molecule has 0 aliphatic heterocycles. The van der Waals surface area contributed by atoms with Gasteiger partial charge in [-0.15, -0.1) is 0 Å². The highest BCUT2D eigenvalue weighted by Crippen LogP contribution is 2.10. The predicted octanol–water partition coefficient (Wildman–Crippen LogP) is 1.46. The van der Waals surface area contributed by atoms with Gasteiger partial charge in [-0.2, -0.15) is 0 Å². The average Bonchev–Trinajstić information content (AvgIpc) is 2.66. The van der Waals surface area contributed by atoms with Crippen LogP contribution in [0.15, 0.2) is 54.7 Å². The third-order valence-corrected chi connectivity index (χ3v) is 3.92. The summed E-state index contributed by atoms with van der Waals surface area (Å²) in [7, 11) is 0. The lowest BCUT2D eigenvalue weighted by Crippen LogP contribution is -2.52. The number of carboxylic acids is 1. The van der Waals surface area contributed by atoms with Crippen molar-refractivity contribution in [2.75, 3.05) is 0 Å². The molecule has 1 heterocycles. The first-order chi connectivity index (χ1) is 12.9. The summed E-state index contributed by atoms with van der Waals surface area (Å²) in [6.45, 7) is 0. The largest absolute Gasteiger partial charge is 0.480 e. The number of nitrogens with zero attached hydrogens (tertiary/aromatic N) is 1. The Morgan fingerprint density at radius 3 is 2.48 bits per heavy atom. The van der Waals surface area contributed by atoms with Gasteiger partial charge in [0.05, 0.1) is 6.04 Å². The molecule has 1 aromatic carbocycles. The molecule has 0 radical (unpaired) electrons. The number of aliphatic carboxylic acids is 1. The summed E-state index contributed by atoms with van der Waals surface area (Å²) < 4.78 is 0. The number of amides is 1. The molecule has 1 aromatic heterocycles. The van der Waals surface area contributed by atoms with E-state index in [4.69, 9.17) is 22.4 Å². The fourth-order valence-corrected chi connectivity index (χ4v) is 2.38. The lowest BCUT2D eigenvalue weighted by atomic mass is 10.0. The van der Waals surface area contributed by atoms with Crippen molar-refractivity contribution in [3.8, 4) is 0 Å². The Balaban J connectivity index is 2.12. The molecule has 27 heavy (non-hydrogen) atoms.